The highest BCUT2D eigenvalue weighted by Gasteiger charge is 2.18. The average Bonchev–Trinajstić information content (AvgIpc) is 2.39. The van der Waals surface area contributed by atoms with E-state index in [9.17, 15) is 8.42 Å². The van der Waals surface area contributed by atoms with Crippen LogP contribution in [0.4, 0.5) is 5.69 Å². The number of nitrogens with one attached hydrogen (secondary N) is 3. The number of rotatable bonds is 5. The number of piperidine rings is 1. The largest absolute Gasteiger partial charge is 0.382 e. The molecule has 2 rings (SSSR count). The van der Waals surface area contributed by atoms with Crippen molar-refractivity contribution in [2.24, 2.45) is 0 Å². The lowest BCUT2D eigenvalue weighted by molar-refractivity contribution is 0.396. The van der Waals surface area contributed by atoms with E-state index in [1.54, 1.807) is 19.1 Å². The second-order valence-electron chi connectivity index (χ2n) is 5.25. The van der Waals surface area contributed by atoms with Crippen molar-refractivity contribution in [1.29, 1.82) is 0 Å². The van der Waals surface area contributed by atoms with Gasteiger partial charge in [-0.2, -0.15) is 0 Å². The average molecular weight is 297 g/mol. The monoisotopic (exact) mass is 297 g/mol. The molecule has 0 spiro atoms. The molecule has 1 saturated heterocycles. The molecule has 0 bridgehead atoms. The molecule has 0 aromatic heterocycles. The molecule has 1 aliphatic heterocycles. The maximum atomic E-state index is 11.8. The maximum Gasteiger partial charge on any atom is 0.240 e. The third-order valence-corrected chi connectivity index (χ3v) is 5.05. The highest BCUT2D eigenvalue weighted by molar-refractivity contribution is 7.89. The Labute approximate surface area is 121 Å². The van der Waals surface area contributed by atoms with Gasteiger partial charge in [0.05, 0.1) is 4.90 Å². The Balaban J connectivity index is 2.01. The Kier molecular flexibility index (Phi) is 5.01. The summed E-state index contributed by atoms with van der Waals surface area (Å²) in [5.41, 5.74) is 0.972. The van der Waals surface area contributed by atoms with Crippen molar-refractivity contribution < 1.29 is 8.42 Å². The number of anilines is 1. The van der Waals surface area contributed by atoms with Crippen molar-refractivity contribution in [3.8, 4) is 0 Å². The summed E-state index contributed by atoms with van der Waals surface area (Å²) in [5.74, 6) is 0. The maximum absolute atomic E-state index is 11.8. The van der Waals surface area contributed by atoms with Crippen LogP contribution in [0.5, 0.6) is 0 Å². The third-order valence-electron chi connectivity index (χ3n) is 3.49. The molecule has 1 heterocycles. The van der Waals surface area contributed by atoms with Crippen molar-refractivity contribution >= 4 is 15.7 Å². The first kappa shape index (κ1) is 15.3. The van der Waals surface area contributed by atoms with E-state index >= 15 is 0 Å². The summed E-state index contributed by atoms with van der Waals surface area (Å²) in [7, 11) is -3.36. The van der Waals surface area contributed by atoms with Crippen LogP contribution < -0.4 is 15.4 Å². The molecule has 1 aliphatic rings. The van der Waals surface area contributed by atoms with Crippen LogP contribution in [0.25, 0.3) is 0 Å². The number of hydrogen-bond acceptors (Lipinski definition) is 4. The van der Waals surface area contributed by atoms with Gasteiger partial charge in [-0.1, -0.05) is 6.92 Å². The van der Waals surface area contributed by atoms with E-state index in [1.807, 2.05) is 12.1 Å². The van der Waals surface area contributed by atoms with E-state index in [2.05, 4.69) is 22.3 Å². The molecule has 1 aromatic rings. The highest BCUT2D eigenvalue weighted by Crippen LogP contribution is 2.18. The van der Waals surface area contributed by atoms with Gasteiger partial charge < -0.3 is 10.6 Å². The first-order valence-electron chi connectivity index (χ1n) is 7.11. The van der Waals surface area contributed by atoms with E-state index in [1.165, 1.54) is 0 Å². The molecule has 0 radical (unpaired) electrons. The van der Waals surface area contributed by atoms with E-state index in [4.69, 9.17) is 0 Å². The molecule has 0 aliphatic carbocycles. The second kappa shape index (κ2) is 6.56. The fraction of sp³-hybridized carbons (Fsp3) is 0.571. The van der Waals surface area contributed by atoms with E-state index in [-0.39, 0.29) is 0 Å². The quantitative estimate of drug-likeness (QED) is 0.771. The van der Waals surface area contributed by atoms with Gasteiger partial charge >= 0.3 is 0 Å². The van der Waals surface area contributed by atoms with Crippen LogP contribution in [0.15, 0.2) is 29.2 Å². The standard InChI is InChI=1S/C14H23N3O2S/c1-3-16-20(18,19)14-6-4-12(5-7-14)17-13-8-9-15-11(2)10-13/h4-7,11,13,15-17H,3,8-10H2,1-2H3. The van der Waals surface area contributed by atoms with Gasteiger partial charge in [0.1, 0.15) is 0 Å². The molecule has 1 aromatic carbocycles. The Morgan fingerprint density at radius 3 is 2.60 bits per heavy atom. The van der Waals surface area contributed by atoms with Crippen molar-refractivity contribution in [1.82, 2.24) is 10.0 Å². The summed E-state index contributed by atoms with van der Waals surface area (Å²) in [6, 6.07) is 7.92. The summed E-state index contributed by atoms with van der Waals surface area (Å²) in [5, 5.41) is 6.88. The second-order valence-corrected chi connectivity index (χ2v) is 7.01. The Morgan fingerprint density at radius 1 is 1.30 bits per heavy atom. The van der Waals surface area contributed by atoms with Gasteiger partial charge in [-0.25, -0.2) is 13.1 Å². The minimum absolute atomic E-state index is 0.309. The molecular formula is C14H23N3O2S. The van der Waals surface area contributed by atoms with E-state index < -0.39 is 10.0 Å². The van der Waals surface area contributed by atoms with Crippen LogP contribution in [0.1, 0.15) is 26.7 Å². The number of benzene rings is 1. The first-order valence-corrected chi connectivity index (χ1v) is 8.59. The summed E-state index contributed by atoms with van der Waals surface area (Å²) in [6.07, 6.45) is 2.17. The van der Waals surface area contributed by atoms with Gasteiger partial charge in [0.15, 0.2) is 0 Å². The molecule has 112 valence electrons. The predicted octanol–water partition coefficient (Wildman–Crippen LogP) is 1.54. The van der Waals surface area contributed by atoms with E-state index in [0.29, 0.717) is 23.5 Å². The first-order chi connectivity index (χ1) is 9.51. The van der Waals surface area contributed by atoms with Gasteiger partial charge in [0.2, 0.25) is 10.0 Å². The van der Waals surface area contributed by atoms with Crippen LogP contribution >= 0.6 is 0 Å². The van der Waals surface area contributed by atoms with Crippen LogP contribution in [0.3, 0.4) is 0 Å². The van der Waals surface area contributed by atoms with Crippen LogP contribution in [0.2, 0.25) is 0 Å². The molecule has 5 nitrogen and oxygen atoms in total. The fourth-order valence-electron chi connectivity index (χ4n) is 2.50. The lowest BCUT2D eigenvalue weighted by atomic mass is 10.0. The molecular weight excluding hydrogens is 274 g/mol. The highest BCUT2D eigenvalue weighted by atomic mass is 32.2. The smallest absolute Gasteiger partial charge is 0.240 e. The topological polar surface area (TPSA) is 70.2 Å². The van der Waals surface area contributed by atoms with Crippen molar-refractivity contribution in [2.75, 3.05) is 18.4 Å². The zero-order chi connectivity index (χ0) is 14.6. The molecule has 0 saturated carbocycles. The summed E-state index contributed by atoms with van der Waals surface area (Å²) >= 11 is 0. The normalized spacial score (nSPS) is 23.5. The molecule has 2 atom stereocenters. The Morgan fingerprint density at radius 2 is 2.00 bits per heavy atom. The summed E-state index contributed by atoms with van der Waals surface area (Å²) in [4.78, 5) is 0.309. The van der Waals surface area contributed by atoms with Gasteiger partial charge in [-0.15, -0.1) is 0 Å². The third kappa shape index (κ3) is 3.94. The zero-order valence-corrected chi connectivity index (χ0v) is 12.8. The van der Waals surface area contributed by atoms with Crippen molar-refractivity contribution in [2.45, 2.75) is 43.7 Å². The Bertz CT molecular complexity index is 528. The zero-order valence-electron chi connectivity index (χ0n) is 12.0. The van der Waals surface area contributed by atoms with Crippen LogP contribution in [-0.2, 0) is 10.0 Å². The summed E-state index contributed by atoms with van der Waals surface area (Å²) in [6.45, 7) is 5.37. The number of sulfonamides is 1. The SMILES string of the molecule is CCNS(=O)(=O)c1ccc(NC2CCNC(C)C2)cc1. The minimum atomic E-state index is -3.36. The minimum Gasteiger partial charge on any atom is -0.382 e. The molecule has 2 unspecified atom stereocenters. The molecule has 0 amide bonds. The van der Waals surface area contributed by atoms with Crippen molar-refractivity contribution in [3.63, 3.8) is 0 Å². The van der Waals surface area contributed by atoms with Gasteiger partial charge in [0.25, 0.3) is 0 Å². The van der Waals surface area contributed by atoms with Gasteiger partial charge in [0, 0.05) is 24.3 Å². The summed E-state index contributed by atoms with van der Waals surface area (Å²) < 4.78 is 26.2. The van der Waals surface area contributed by atoms with Crippen molar-refractivity contribution in [3.05, 3.63) is 24.3 Å². The fourth-order valence-corrected chi connectivity index (χ4v) is 3.54. The molecule has 3 N–H and O–H groups in total. The van der Waals surface area contributed by atoms with Crippen LogP contribution in [0, 0.1) is 0 Å². The van der Waals surface area contributed by atoms with E-state index in [0.717, 1.165) is 25.1 Å². The van der Waals surface area contributed by atoms with Gasteiger partial charge in [-0.05, 0) is 50.6 Å². The molecule has 20 heavy (non-hydrogen) atoms. The number of hydrogen-bond donors (Lipinski definition) is 3. The van der Waals surface area contributed by atoms with Crippen LogP contribution in [-0.4, -0.2) is 33.6 Å². The lowest BCUT2D eigenvalue weighted by Gasteiger charge is -2.29. The molecule has 1 fully saturated rings. The predicted molar refractivity (Wildman–Crippen MR) is 81.4 cm³/mol. The Hall–Kier alpha value is -1.11. The lowest BCUT2D eigenvalue weighted by Crippen LogP contribution is -2.41. The van der Waals surface area contributed by atoms with Gasteiger partial charge in [-0.3, -0.25) is 0 Å². The molecule has 6 heteroatoms.